The van der Waals surface area contributed by atoms with Gasteiger partial charge in [0.15, 0.2) is 10.8 Å². The molecule has 0 saturated heterocycles. The van der Waals surface area contributed by atoms with E-state index in [9.17, 15) is 4.79 Å². The SMILES string of the molecule is NCC1CCC(C(=O)Nc2nc(Cl)c3[nH]cnc3n2)CC1. The van der Waals surface area contributed by atoms with Crippen molar-refractivity contribution in [1.82, 2.24) is 19.9 Å². The van der Waals surface area contributed by atoms with Crippen LogP contribution in [0, 0.1) is 11.8 Å². The average molecular weight is 309 g/mol. The van der Waals surface area contributed by atoms with E-state index in [2.05, 4.69) is 25.3 Å². The smallest absolute Gasteiger partial charge is 0.233 e. The van der Waals surface area contributed by atoms with Crippen molar-refractivity contribution in [3.05, 3.63) is 11.5 Å². The van der Waals surface area contributed by atoms with Gasteiger partial charge in [-0.05, 0) is 38.1 Å². The van der Waals surface area contributed by atoms with Crippen molar-refractivity contribution in [2.45, 2.75) is 25.7 Å². The van der Waals surface area contributed by atoms with Crippen LogP contribution >= 0.6 is 11.6 Å². The van der Waals surface area contributed by atoms with Crippen molar-refractivity contribution in [1.29, 1.82) is 0 Å². The topological polar surface area (TPSA) is 110 Å². The number of nitrogens with one attached hydrogen (secondary N) is 2. The third-order valence-corrected chi connectivity index (χ3v) is 4.30. The molecule has 3 rings (SSSR count). The van der Waals surface area contributed by atoms with Crippen molar-refractivity contribution in [3.63, 3.8) is 0 Å². The highest BCUT2D eigenvalue weighted by Gasteiger charge is 2.26. The molecule has 1 fully saturated rings. The van der Waals surface area contributed by atoms with Crippen molar-refractivity contribution in [2.24, 2.45) is 17.6 Å². The Labute approximate surface area is 126 Å². The summed E-state index contributed by atoms with van der Waals surface area (Å²) >= 11 is 6.02. The molecule has 0 spiro atoms. The average Bonchev–Trinajstić information content (AvgIpc) is 2.96. The summed E-state index contributed by atoms with van der Waals surface area (Å²) in [6.45, 7) is 0.697. The van der Waals surface area contributed by atoms with Gasteiger partial charge in [-0.3, -0.25) is 10.1 Å². The summed E-state index contributed by atoms with van der Waals surface area (Å²) in [5, 5.41) is 2.99. The molecule has 0 radical (unpaired) electrons. The molecule has 2 aromatic heterocycles. The van der Waals surface area contributed by atoms with Crippen LogP contribution in [0.25, 0.3) is 11.2 Å². The first-order valence-electron chi connectivity index (χ1n) is 7.05. The summed E-state index contributed by atoms with van der Waals surface area (Å²) in [6.07, 6.45) is 5.19. The number of rotatable bonds is 3. The van der Waals surface area contributed by atoms with Crippen LogP contribution in [-0.4, -0.2) is 32.4 Å². The van der Waals surface area contributed by atoms with E-state index in [1.165, 1.54) is 6.33 Å². The maximum Gasteiger partial charge on any atom is 0.233 e. The lowest BCUT2D eigenvalue weighted by Gasteiger charge is -2.26. The van der Waals surface area contributed by atoms with Gasteiger partial charge in [-0.1, -0.05) is 11.6 Å². The highest BCUT2D eigenvalue weighted by molar-refractivity contribution is 6.33. The Kier molecular flexibility index (Phi) is 4.03. The quantitative estimate of drug-likeness (QED) is 0.748. The maximum atomic E-state index is 12.3. The van der Waals surface area contributed by atoms with Crippen LogP contribution in [-0.2, 0) is 4.79 Å². The van der Waals surface area contributed by atoms with Crippen molar-refractivity contribution >= 4 is 34.6 Å². The Balaban J connectivity index is 1.69. The van der Waals surface area contributed by atoms with Crippen LogP contribution < -0.4 is 11.1 Å². The van der Waals surface area contributed by atoms with Gasteiger partial charge in [0.05, 0.1) is 6.33 Å². The van der Waals surface area contributed by atoms with E-state index < -0.39 is 0 Å². The van der Waals surface area contributed by atoms with E-state index >= 15 is 0 Å². The third kappa shape index (κ3) is 2.98. The van der Waals surface area contributed by atoms with E-state index in [0.717, 1.165) is 25.7 Å². The Morgan fingerprint density at radius 3 is 2.86 bits per heavy atom. The summed E-state index contributed by atoms with van der Waals surface area (Å²) in [4.78, 5) is 27.4. The minimum Gasteiger partial charge on any atom is -0.341 e. The van der Waals surface area contributed by atoms with Gasteiger partial charge >= 0.3 is 0 Å². The molecule has 1 aliphatic carbocycles. The maximum absolute atomic E-state index is 12.3. The number of nitrogens with zero attached hydrogens (tertiary/aromatic N) is 3. The van der Waals surface area contributed by atoms with E-state index in [-0.39, 0.29) is 22.9 Å². The molecule has 0 aliphatic heterocycles. The van der Waals surface area contributed by atoms with E-state index in [1.54, 1.807) is 0 Å². The molecule has 4 N–H and O–H groups in total. The van der Waals surface area contributed by atoms with Gasteiger partial charge < -0.3 is 10.7 Å². The molecule has 21 heavy (non-hydrogen) atoms. The molecule has 1 aliphatic rings. The monoisotopic (exact) mass is 308 g/mol. The number of H-pyrrole nitrogens is 1. The number of carbonyl (C=O) groups excluding carboxylic acids is 1. The largest absolute Gasteiger partial charge is 0.341 e. The Morgan fingerprint density at radius 1 is 1.38 bits per heavy atom. The second-order valence-electron chi connectivity index (χ2n) is 5.38. The molecule has 0 bridgehead atoms. The number of amides is 1. The highest BCUT2D eigenvalue weighted by Crippen LogP contribution is 2.29. The second-order valence-corrected chi connectivity index (χ2v) is 5.74. The number of hydrogen-bond donors (Lipinski definition) is 3. The predicted octanol–water partition coefficient (Wildman–Crippen LogP) is 1.71. The minimum atomic E-state index is -0.0589. The van der Waals surface area contributed by atoms with Crippen LogP contribution in [0.15, 0.2) is 6.33 Å². The molecule has 1 saturated carbocycles. The lowest BCUT2D eigenvalue weighted by molar-refractivity contribution is -0.121. The van der Waals surface area contributed by atoms with Gasteiger partial charge in [-0.2, -0.15) is 9.97 Å². The molecule has 0 aromatic carbocycles. The second kappa shape index (κ2) is 5.95. The first-order chi connectivity index (χ1) is 10.2. The fourth-order valence-corrected chi connectivity index (χ4v) is 2.95. The van der Waals surface area contributed by atoms with Crippen molar-refractivity contribution in [3.8, 4) is 0 Å². The molecular formula is C13H17ClN6O. The van der Waals surface area contributed by atoms with Crippen LogP contribution in [0.1, 0.15) is 25.7 Å². The van der Waals surface area contributed by atoms with Crippen molar-refractivity contribution < 1.29 is 4.79 Å². The fourth-order valence-electron chi connectivity index (χ4n) is 2.73. The Bertz CT molecular complexity index is 649. The van der Waals surface area contributed by atoms with Gasteiger partial charge in [0, 0.05) is 5.92 Å². The number of carbonyl (C=O) groups is 1. The van der Waals surface area contributed by atoms with Crippen LogP contribution in [0.2, 0.25) is 5.15 Å². The number of anilines is 1. The lowest BCUT2D eigenvalue weighted by Crippen LogP contribution is -2.29. The molecule has 7 nitrogen and oxygen atoms in total. The fraction of sp³-hybridized carbons (Fsp3) is 0.538. The number of aromatic nitrogens is 4. The lowest BCUT2D eigenvalue weighted by atomic mass is 9.81. The Hall–Kier alpha value is -1.73. The first kappa shape index (κ1) is 14.2. The summed E-state index contributed by atoms with van der Waals surface area (Å²) in [7, 11) is 0. The van der Waals surface area contributed by atoms with E-state index in [4.69, 9.17) is 17.3 Å². The summed E-state index contributed by atoms with van der Waals surface area (Å²) in [5.74, 6) is 0.673. The zero-order valence-electron chi connectivity index (χ0n) is 11.5. The van der Waals surface area contributed by atoms with Crippen molar-refractivity contribution in [2.75, 3.05) is 11.9 Å². The van der Waals surface area contributed by atoms with Gasteiger partial charge in [0.2, 0.25) is 11.9 Å². The zero-order valence-corrected chi connectivity index (χ0v) is 12.2. The minimum absolute atomic E-state index is 0.00921. The van der Waals surface area contributed by atoms with Gasteiger partial charge in [-0.15, -0.1) is 0 Å². The van der Waals surface area contributed by atoms with Crippen LogP contribution in [0.5, 0.6) is 0 Å². The third-order valence-electron chi connectivity index (χ3n) is 4.03. The van der Waals surface area contributed by atoms with E-state index in [1.807, 2.05) is 0 Å². The molecule has 2 heterocycles. The molecule has 112 valence electrons. The number of hydrogen-bond acceptors (Lipinski definition) is 5. The normalized spacial score (nSPS) is 22.4. The van der Waals surface area contributed by atoms with Crippen LogP contribution in [0.4, 0.5) is 5.95 Å². The molecule has 8 heteroatoms. The predicted molar refractivity (Wildman–Crippen MR) is 79.8 cm³/mol. The number of nitrogens with two attached hydrogens (primary N) is 1. The van der Waals surface area contributed by atoms with Crippen LogP contribution in [0.3, 0.4) is 0 Å². The number of halogens is 1. The Morgan fingerprint density at radius 2 is 2.14 bits per heavy atom. The van der Waals surface area contributed by atoms with Gasteiger partial charge in [0.25, 0.3) is 0 Å². The van der Waals surface area contributed by atoms with Gasteiger partial charge in [0.1, 0.15) is 5.52 Å². The number of imidazole rings is 1. The molecule has 1 amide bonds. The zero-order chi connectivity index (χ0) is 14.8. The number of fused-ring (bicyclic) bond motifs is 1. The molecule has 2 aromatic rings. The first-order valence-corrected chi connectivity index (χ1v) is 7.42. The summed E-state index contributed by atoms with van der Waals surface area (Å²) in [5.41, 5.74) is 6.67. The van der Waals surface area contributed by atoms with Gasteiger partial charge in [-0.25, -0.2) is 4.98 Å². The standard InChI is InChI=1S/C13H17ClN6O/c14-10-9-11(17-6-16-9)19-13(18-10)20-12(21)8-3-1-7(5-15)2-4-8/h6-8H,1-5,15H2,(H2,16,17,18,19,20,21). The molecule has 0 unspecified atom stereocenters. The molecule has 0 atom stereocenters. The number of aromatic amines is 1. The molecular weight excluding hydrogens is 292 g/mol. The summed E-state index contributed by atoms with van der Waals surface area (Å²) in [6, 6.07) is 0. The summed E-state index contributed by atoms with van der Waals surface area (Å²) < 4.78 is 0. The van der Waals surface area contributed by atoms with E-state index in [0.29, 0.717) is 23.6 Å². The highest BCUT2D eigenvalue weighted by atomic mass is 35.5.